The van der Waals surface area contributed by atoms with E-state index >= 15 is 0 Å². The fourth-order valence-electron chi connectivity index (χ4n) is 0.794. The maximum atomic E-state index is 10.9. The van der Waals surface area contributed by atoms with Crippen LogP contribution in [0.5, 0.6) is 0 Å². The lowest BCUT2D eigenvalue weighted by Crippen LogP contribution is -2.20. The molecule has 4 nitrogen and oxygen atoms in total. The van der Waals surface area contributed by atoms with Crippen LogP contribution in [0.1, 0.15) is 0 Å². The van der Waals surface area contributed by atoms with E-state index < -0.39 is 0 Å². The summed E-state index contributed by atoms with van der Waals surface area (Å²) in [7, 11) is 0. The van der Waals surface area contributed by atoms with Gasteiger partial charge in [-0.3, -0.25) is 9.63 Å². The van der Waals surface area contributed by atoms with Crippen LogP contribution in [0, 0.1) is 0 Å². The molecule has 0 saturated carbocycles. The minimum Gasteiger partial charge on any atom is -0.324 e. The summed E-state index contributed by atoms with van der Waals surface area (Å²) in [5.41, 5.74) is 0.736. The van der Waals surface area contributed by atoms with Crippen molar-refractivity contribution >= 4 is 24.0 Å². The Kier molecular flexibility index (Phi) is 5.88. The number of para-hydroxylation sites is 1. The largest absolute Gasteiger partial charge is 0.324 e. The summed E-state index contributed by atoms with van der Waals surface area (Å²) < 4.78 is 0. The predicted octanol–water partition coefficient (Wildman–Crippen LogP) is 0.937. The minimum atomic E-state index is -0.260. The molecule has 0 radical (unpaired) electrons. The van der Waals surface area contributed by atoms with Crippen LogP contribution < -0.4 is 11.2 Å². The van der Waals surface area contributed by atoms with Crippen molar-refractivity contribution in [2.24, 2.45) is 5.90 Å². The van der Waals surface area contributed by atoms with Crippen LogP contribution in [0.15, 0.2) is 30.3 Å². The Morgan fingerprint density at radius 3 is 2.54 bits per heavy atom. The Labute approximate surface area is 82.4 Å². The van der Waals surface area contributed by atoms with E-state index in [1.165, 1.54) is 0 Å². The molecule has 13 heavy (non-hydrogen) atoms. The van der Waals surface area contributed by atoms with Gasteiger partial charge in [0.2, 0.25) is 0 Å². The Morgan fingerprint density at radius 2 is 2.00 bits per heavy atom. The van der Waals surface area contributed by atoms with Gasteiger partial charge in [0.15, 0.2) is 0 Å². The predicted molar refractivity (Wildman–Crippen MR) is 52.5 cm³/mol. The topological polar surface area (TPSA) is 64.3 Å². The number of benzene rings is 1. The quantitative estimate of drug-likeness (QED) is 0.717. The van der Waals surface area contributed by atoms with Gasteiger partial charge in [0.1, 0.15) is 6.61 Å². The van der Waals surface area contributed by atoms with E-state index in [4.69, 9.17) is 5.90 Å². The van der Waals surface area contributed by atoms with Gasteiger partial charge in [-0.25, -0.2) is 5.90 Å². The number of hydrogen-bond donors (Lipinski definition) is 2. The van der Waals surface area contributed by atoms with Gasteiger partial charge in [-0.05, 0) is 12.1 Å². The van der Waals surface area contributed by atoms with Crippen molar-refractivity contribution in [1.29, 1.82) is 0 Å². The Bertz CT molecular complexity index is 254. The number of halogens is 1. The Hall–Kier alpha value is -1.10. The van der Waals surface area contributed by atoms with Gasteiger partial charge in [0, 0.05) is 5.69 Å². The normalized spacial score (nSPS) is 8.69. The van der Waals surface area contributed by atoms with E-state index in [0.29, 0.717) is 0 Å². The Morgan fingerprint density at radius 1 is 1.38 bits per heavy atom. The zero-order valence-corrected chi connectivity index (χ0v) is 7.71. The van der Waals surface area contributed by atoms with Crippen LogP contribution in [0.25, 0.3) is 0 Å². The molecule has 1 rings (SSSR count). The van der Waals surface area contributed by atoms with Gasteiger partial charge in [-0.2, -0.15) is 0 Å². The fourth-order valence-corrected chi connectivity index (χ4v) is 0.794. The molecule has 0 spiro atoms. The van der Waals surface area contributed by atoms with E-state index in [0.717, 1.165) is 5.69 Å². The first-order chi connectivity index (χ1) is 5.83. The van der Waals surface area contributed by atoms with Gasteiger partial charge in [-0.15, -0.1) is 12.4 Å². The molecular weight excluding hydrogens is 192 g/mol. The monoisotopic (exact) mass is 202 g/mol. The molecular formula is C8H11ClN2O2. The molecule has 1 amide bonds. The highest BCUT2D eigenvalue weighted by Crippen LogP contribution is 2.03. The molecule has 0 aliphatic rings. The third-order valence-corrected chi connectivity index (χ3v) is 1.27. The smallest absolute Gasteiger partial charge is 0.252 e. The summed E-state index contributed by atoms with van der Waals surface area (Å²) in [5.74, 6) is 4.46. The first-order valence-corrected chi connectivity index (χ1v) is 3.49. The van der Waals surface area contributed by atoms with Gasteiger partial charge in [-0.1, -0.05) is 18.2 Å². The molecule has 0 saturated heterocycles. The standard InChI is InChI=1S/C8H10N2O2.ClH/c9-12-6-8(11)10-7-4-2-1-3-5-7;/h1-5H,6,9H2,(H,10,11);1H. The van der Waals surface area contributed by atoms with Crippen molar-refractivity contribution in [3.05, 3.63) is 30.3 Å². The van der Waals surface area contributed by atoms with E-state index in [9.17, 15) is 4.79 Å². The number of amides is 1. The van der Waals surface area contributed by atoms with E-state index in [1.54, 1.807) is 12.1 Å². The molecule has 1 aromatic carbocycles. The fraction of sp³-hybridized carbons (Fsp3) is 0.125. The zero-order valence-electron chi connectivity index (χ0n) is 6.90. The van der Waals surface area contributed by atoms with Gasteiger partial charge in [0.05, 0.1) is 0 Å². The summed E-state index contributed by atoms with van der Waals surface area (Å²) in [5, 5.41) is 2.60. The van der Waals surface area contributed by atoms with Crippen LogP contribution >= 0.6 is 12.4 Å². The average Bonchev–Trinajstić information content (AvgIpc) is 2.06. The highest BCUT2D eigenvalue weighted by atomic mass is 35.5. The van der Waals surface area contributed by atoms with Crippen LogP contribution in [0.3, 0.4) is 0 Å². The third kappa shape index (κ3) is 4.47. The van der Waals surface area contributed by atoms with Crippen molar-refractivity contribution in [1.82, 2.24) is 0 Å². The number of rotatable bonds is 3. The van der Waals surface area contributed by atoms with Crippen molar-refractivity contribution < 1.29 is 9.63 Å². The number of carbonyl (C=O) groups is 1. The SMILES string of the molecule is Cl.NOCC(=O)Nc1ccccc1. The molecule has 5 heteroatoms. The van der Waals surface area contributed by atoms with E-state index in [-0.39, 0.29) is 24.9 Å². The lowest BCUT2D eigenvalue weighted by molar-refractivity contribution is -0.120. The molecule has 0 aliphatic carbocycles. The molecule has 0 unspecified atom stereocenters. The molecule has 0 bridgehead atoms. The number of nitrogens with two attached hydrogens (primary N) is 1. The van der Waals surface area contributed by atoms with Crippen LogP contribution in [-0.2, 0) is 9.63 Å². The number of hydrogen-bond acceptors (Lipinski definition) is 3. The molecule has 0 fully saturated rings. The second-order valence-electron chi connectivity index (χ2n) is 2.23. The highest BCUT2D eigenvalue weighted by Gasteiger charge is 1.99. The molecule has 0 aromatic heterocycles. The highest BCUT2D eigenvalue weighted by molar-refractivity contribution is 5.91. The molecule has 0 heterocycles. The summed E-state index contributed by atoms with van der Waals surface area (Å²) in [4.78, 5) is 15.1. The van der Waals surface area contributed by atoms with Crippen molar-refractivity contribution in [2.75, 3.05) is 11.9 Å². The van der Waals surface area contributed by atoms with E-state index in [2.05, 4.69) is 10.2 Å². The summed E-state index contributed by atoms with van der Waals surface area (Å²) in [6.45, 7) is -0.130. The van der Waals surface area contributed by atoms with Crippen LogP contribution in [-0.4, -0.2) is 12.5 Å². The van der Waals surface area contributed by atoms with Crippen LogP contribution in [0.2, 0.25) is 0 Å². The first kappa shape index (κ1) is 11.9. The maximum absolute atomic E-state index is 10.9. The maximum Gasteiger partial charge on any atom is 0.252 e. The lowest BCUT2D eigenvalue weighted by Gasteiger charge is -2.02. The first-order valence-electron chi connectivity index (χ1n) is 3.49. The second kappa shape index (κ2) is 6.42. The van der Waals surface area contributed by atoms with Gasteiger partial charge in [0.25, 0.3) is 5.91 Å². The number of carbonyl (C=O) groups excluding carboxylic acids is 1. The van der Waals surface area contributed by atoms with Crippen molar-refractivity contribution in [3.8, 4) is 0 Å². The number of anilines is 1. The summed E-state index contributed by atoms with van der Waals surface area (Å²) in [6, 6.07) is 9.11. The zero-order chi connectivity index (χ0) is 8.81. The third-order valence-electron chi connectivity index (χ3n) is 1.27. The van der Waals surface area contributed by atoms with Crippen molar-refractivity contribution in [2.45, 2.75) is 0 Å². The Balaban J connectivity index is 0.00000144. The van der Waals surface area contributed by atoms with E-state index in [1.807, 2.05) is 18.2 Å². The molecule has 72 valence electrons. The number of nitrogens with one attached hydrogen (secondary N) is 1. The molecule has 1 aromatic rings. The lowest BCUT2D eigenvalue weighted by atomic mass is 10.3. The van der Waals surface area contributed by atoms with Gasteiger partial charge >= 0.3 is 0 Å². The van der Waals surface area contributed by atoms with Crippen molar-refractivity contribution in [3.63, 3.8) is 0 Å². The second-order valence-corrected chi connectivity index (χ2v) is 2.23. The average molecular weight is 203 g/mol. The van der Waals surface area contributed by atoms with Crippen LogP contribution in [0.4, 0.5) is 5.69 Å². The summed E-state index contributed by atoms with van der Waals surface area (Å²) >= 11 is 0. The molecule has 3 N–H and O–H groups in total. The summed E-state index contributed by atoms with van der Waals surface area (Å²) in [6.07, 6.45) is 0. The minimum absolute atomic E-state index is 0. The molecule has 0 aliphatic heterocycles. The van der Waals surface area contributed by atoms with Gasteiger partial charge < -0.3 is 5.32 Å². The molecule has 0 atom stereocenters.